The molecule has 7 atom stereocenters. The number of nitrogens with one attached hydrogen (secondary N) is 8. The zero-order chi connectivity index (χ0) is 40.5. The molecule has 0 bridgehead atoms. The van der Waals surface area contributed by atoms with Crippen molar-refractivity contribution < 1.29 is 71.9 Å². The number of aliphatic hydroxyl groups is 3. The average molecular weight is 802 g/mol. The molecule has 0 radical (unpaired) electrons. The van der Waals surface area contributed by atoms with Crippen molar-refractivity contribution in [3.8, 4) is 0 Å². The van der Waals surface area contributed by atoms with Gasteiger partial charge in [0.25, 0.3) is 5.91 Å². The molecule has 29 heteroatoms. The number of aliphatic imine (C=N–C) groups is 1. The van der Waals surface area contributed by atoms with Crippen LogP contribution in [-0.4, -0.2) is 155 Å². The van der Waals surface area contributed by atoms with Crippen LogP contribution >= 0.6 is 0 Å². The zero-order valence-electron chi connectivity index (χ0n) is 28.4. The molecule has 2 heterocycles. The summed E-state index contributed by atoms with van der Waals surface area (Å²) in [6.07, 6.45) is -0.339. The van der Waals surface area contributed by atoms with Crippen molar-refractivity contribution in [2.75, 3.05) is 26.3 Å². The van der Waals surface area contributed by atoms with E-state index in [9.17, 15) is 48.9 Å². The van der Waals surface area contributed by atoms with Gasteiger partial charge in [0.2, 0.25) is 29.5 Å². The SMILES string of the molecule is NCCC[C@H](N)CC(=O)N[C@H]1CNC(=O)[C@H]([C@H]2C[C@H](O)N=C(N)N2)NC(=O)/C(=C/NC(N)=O)NC(=O)[C@H](CO)NC(=O)[C@H](CO)NC1=O.O.O=S(=O)(O)O. The number of rotatable bonds is 10. The number of primary amides is 1. The third-order valence-electron chi connectivity index (χ3n) is 6.91. The maximum atomic E-state index is 13.6. The Labute approximate surface area is 306 Å². The molecule has 1 fully saturated rings. The van der Waals surface area contributed by atoms with Gasteiger partial charge in [0.1, 0.15) is 29.9 Å². The smallest absolute Gasteiger partial charge is 0.394 e. The van der Waals surface area contributed by atoms with Crippen molar-refractivity contribution in [1.29, 1.82) is 0 Å². The number of nitrogens with two attached hydrogens (primary N) is 4. The van der Waals surface area contributed by atoms with Crippen molar-refractivity contribution in [1.82, 2.24) is 42.5 Å². The zero-order valence-corrected chi connectivity index (χ0v) is 29.2. The van der Waals surface area contributed by atoms with E-state index in [4.69, 9.17) is 40.5 Å². The van der Waals surface area contributed by atoms with Gasteiger partial charge in [-0.15, -0.1) is 0 Å². The number of nitrogens with zero attached hydrogens (tertiary/aromatic N) is 1. The van der Waals surface area contributed by atoms with E-state index in [1.54, 1.807) is 0 Å². The Kier molecular flexibility index (Phi) is 21.1. The Morgan fingerprint density at radius 3 is 2.07 bits per heavy atom. The molecule has 308 valence electrons. The lowest BCUT2D eigenvalue weighted by atomic mass is 10.0. The first-order valence-corrected chi connectivity index (χ1v) is 16.8. The van der Waals surface area contributed by atoms with Crippen LogP contribution in [0, 0.1) is 0 Å². The molecule has 8 amide bonds. The second kappa shape index (κ2) is 23.4. The quantitative estimate of drug-likeness (QED) is 0.0720. The summed E-state index contributed by atoms with van der Waals surface area (Å²) >= 11 is 0. The molecule has 0 aromatic heterocycles. The molecule has 0 aromatic rings. The second-order valence-electron chi connectivity index (χ2n) is 11.2. The van der Waals surface area contributed by atoms with Crippen LogP contribution in [0.15, 0.2) is 16.9 Å². The average Bonchev–Trinajstić information content (AvgIpc) is 3.05. The van der Waals surface area contributed by atoms with E-state index in [0.717, 1.165) is 0 Å². The predicted molar refractivity (Wildman–Crippen MR) is 182 cm³/mol. The molecule has 2 aliphatic heterocycles. The van der Waals surface area contributed by atoms with E-state index < -0.39 is 120 Å². The highest BCUT2D eigenvalue weighted by Gasteiger charge is 2.37. The van der Waals surface area contributed by atoms with Crippen LogP contribution in [0.1, 0.15) is 25.7 Å². The molecule has 23 N–H and O–H groups in total. The Bertz CT molecular complexity index is 1510. The van der Waals surface area contributed by atoms with Crippen LogP contribution < -0.4 is 65.5 Å². The summed E-state index contributed by atoms with van der Waals surface area (Å²) in [6, 6.07) is -9.66. The van der Waals surface area contributed by atoms with Crippen LogP contribution in [0.5, 0.6) is 0 Å². The topological polar surface area (TPSA) is 499 Å². The maximum absolute atomic E-state index is 13.6. The Morgan fingerprint density at radius 2 is 1.54 bits per heavy atom. The highest BCUT2D eigenvalue weighted by Crippen LogP contribution is 2.11. The molecular weight excluding hydrogens is 754 g/mol. The van der Waals surface area contributed by atoms with Crippen LogP contribution in [-0.2, 0) is 39.2 Å². The van der Waals surface area contributed by atoms with Crippen LogP contribution in [0.3, 0.4) is 0 Å². The summed E-state index contributed by atoms with van der Waals surface area (Å²) in [5.74, 6) is -6.65. The minimum Gasteiger partial charge on any atom is -0.412 e. The van der Waals surface area contributed by atoms with Crippen molar-refractivity contribution in [3.63, 3.8) is 0 Å². The predicted octanol–water partition coefficient (Wildman–Crippen LogP) is -10.4. The number of aliphatic hydroxyl groups excluding tert-OH is 3. The molecule has 0 unspecified atom stereocenters. The third kappa shape index (κ3) is 18.5. The van der Waals surface area contributed by atoms with Crippen molar-refractivity contribution in [2.24, 2.45) is 27.9 Å². The van der Waals surface area contributed by atoms with Crippen LogP contribution in [0.4, 0.5) is 4.79 Å². The number of amides is 8. The molecule has 54 heavy (non-hydrogen) atoms. The lowest BCUT2D eigenvalue weighted by molar-refractivity contribution is -0.135. The normalized spacial score (nSPS) is 25.6. The van der Waals surface area contributed by atoms with Crippen LogP contribution in [0.2, 0.25) is 0 Å². The number of guanidine groups is 1. The van der Waals surface area contributed by atoms with E-state index in [0.29, 0.717) is 25.6 Å². The van der Waals surface area contributed by atoms with E-state index >= 15 is 0 Å². The van der Waals surface area contributed by atoms with Gasteiger partial charge < -0.3 is 86.3 Å². The molecule has 0 aromatic carbocycles. The number of carbonyl (C=O) groups excluding carboxylic acids is 7. The number of carbonyl (C=O) groups is 7. The van der Waals surface area contributed by atoms with Crippen molar-refractivity contribution in [2.45, 2.75) is 68.2 Å². The highest BCUT2D eigenvalue weighted by molar-refractivity contribution is 7.79. The summed E-state index contributed by atoms with van der Waals surface area (Å²) < 4.78 is 31.6. The Balaban J connectivity index is 0.00000437. The molecule has 28 nitrogen and oxygen atoms in total. The fraction of sp³-hybridized carbons (Fsp3) is 0.600. The van der Waals surface area contributed by atoms with E-state index in [1.807, 2.05) is 5.32 Å². The summed E-state index contributed by atoms with van der Waals surface area (Å²) in [5.41, 5.74) is 21.5. The molecule has 2 rings (SSSR count). The standard InChI is InChI=1S/C25H43N13O10.H2O4S.H2O/c26-3-1-2-10(27)4-16(41)32-12-6-30-23(47)18(11-5-17(42)37-24(28)36-11)38-20(44)13(7-31-25(29)48)33-21(45)14(8-39)35-22(46)15(9-40)34-19(12)43;1-5(2,3)4;/h7,10-12,14-15,17-18,39-40,42H,1-6,8-9,26-27H2,(H,30,47)(H,32,41)(H,33,45)(H,34,43)(H,35,46)(H,38,44)(H3,28,36,37)(H3,29,31,48);(H2,1,2,3,4);1H2/b13-7-;;/t10-,11+,12-,14-,15-,17-,18-;;/m0../s1. The third-order valence-corrected chi connectivity index (χ3v) is 6.91. The maximum Gasteiger partial charge on any atom is 0.394 e. The minimum atomic E-state index is -4.67. The first-order chi connectivity index (χ1) is 24.7. The second-order valence-corrected chi connectivity index (χ2v) is 12.1. The van der Waals surface area contributed by atoms with Crippen molar-refractivity contribution in [3.05, 3.63) is 11.9 Å². The summed E-state index contributed by atoms with van der Waals surface area (Å²) in [5, 5.41) is 47.9. The molecule has 1 saturated heterocycles. The van der Waals surface area contributed by atoms with Crippen molar-refractivity contribution >= 4 is 57.8 Å². The van der Waals surface area contributed by atoms with Gasteiger partial charge in [0.15, 0.2) is 12.2 Å². The largest absolute Gasteiger partial charge is 0.412 e. The van der Waals surface area contributed by atoms with Gasteiger partial charge in [-0.25, -0.2) is 9.79 Å². The van der Waals surface area contributed by atoms with Crippen LogP contribution in [0.25, 0.3) is 0 Å². The Morgan fingerprint density at radius 1 is 0.963 bits per heavy atom. The number of hydrogen-bond acceptors (Lipinski definition) is 17. The first-order valence-electron chi connectivity index (χ1n) is 15.4. The summed E-state index contributed by atoms with van der Waals surface area (Å²) in [7, 11) is -4.67. The van der Waals surface area contributed by atoms with Gasteiger partial charge in [0.05, 0.1) is 19.3 Å². The number of urea groups is 1. The van der Waals surface area contributed by atoms with Gasteiger partial charge in [-0.1, -0.05) is 0 Å². The molecule has 0 saturated carbocycles. The minimum absolute atomic E-state index is 0. The highest BCUT2D eigenvalue weighted by atomic mass is 32.3. The van der Waals surface area contributed by atoms with Gasteiger partial charge in [-0.05, 0) is 19.4 Å². The summed E-state index contributed by atoms with van der Waals surface area (Å²) in [4.78, 5) is 94.0. The Hall–Kier alpha value is -5.27. The number of hydrogen-bond donors (Lipinski definition) is 17. The van der Waals surface area contributed by atoms with E-state index in [1.165, 1.54) is 0 Å². The first kappa shape index (κ1) is 48.7. The van der Waals surface area contributed by atoms with Gasteiger partial charge >= 0.3 is 16.4 Å². The monoisotopic (exact) mass is 801 g/mol. The molecule has 0 aliphatic carbocycles. The van der Waals surface area contributed by atoms with Gasteiger partial charge in [-0.3, -0.25) is 37.9 Å². The molecule has 0 spiro atoms. The molecular formula is C25H47N13O15S. The fourth-order valence-corrected chi connectivity index (χ4v) is 4.46. The lowest BCUT2D eigenvalue weighted by Gasteiger charge is -2.33. The van der Waals surface area contributed by atoms with E-state index in [2.05, 4.69) is 42.2 Å². The van der Waals surface area contributed by atoms with Gasteiger partial charge in [-0.2, -0.15) is 8.42 Å². The van der Waals surface area contributed by atoms with Gasteiger partial charge in [0, 0.05) is 31.6 Å². The fourth-order valence-electron chi connectivity index (χ4n) is 4.46. The van der Waals surface area contributed by atoms with E-state index in [-0.39, 0.29) is 24.3 Å². The molecule has 2 aliphatic rings. The lowest BCUT2D eigenvalue weighted by Crippen LogP contribution is -2.64. The summed E-state index contributed by atoms with van der Waals surface area (Å²) in [6.45, 7) is -2.36.